The summed E-state index contributed by atoms with van der Waals surface area (Å²) in [5.74, 6) is 0. The number of pyridine rings is 2. The molecular formula is C52H32N4S2. The Kier molecular flexibility index (Phi) is 7.55. The minimum Gasteiger partial charge on any atom is -0.299 e. The van der Waals surface area contributed by atoms with E-state index in [1.165, 1.54) is 51.8 Å². The van der Waals surface area contributed by atoms with Crippen LogP contribution >= 0.6 is 22.7 Å². The minimum atomic E-state index is 0.939. The number of hydrogen-bond acceptors (Lipinski definition) is 4. The minimum absolute atomic E-state index is 0.939. The molecule has 12 rings (SSSR count). The standard InChI is InChI=1S/C52H32N4S2/c1-5-13-33(14-6-1)49-51(35-17-9-3-10-18-35)55-23-21-37(31-47(55)53-49)43-29-41-25-39-28-46-42(26-40(39)27-45(41)57-43)30-44(58-46)38-22-24-56-48(32-38)54-50(34-15-7-2-8-16-34)52(56)36-19-11-4-12-20-36/h1-32H. The topological polar surface area (TPSA) is 34.6 Å². The second-order valence-electron chi connectivity index (χ2n) is 14.7. The Morgan fingerprint density at radius 2 is 0.707 bits per heavy atom. The van der Waals surface area contributed by atoms with Crippen LogP contribution in [-0.4, -0.2) is 18.8 Å². The third-order valence-corrected chi connectivity index (χ3v) is 13.4. The van der Waals surface area contributed by atoms with Crippen molar-refractivity contribution >= 4 is 64.9 Å². The Morgan fingerprint density at radius 3 is 1.10 bits per heavy atom. The summed E-state index contributed by atoms with van der Waals surface area (Å²) < 4.78 is 7.01. The third-order valence-electron chi connectivity index (χ3n) is 11.1. The fourth-order valence-electron chi connectivity index (χ4n) is 8.34. The van der Waals surface area contributed by atoms with Crippen LogP contribution in [0.5, 0.6) is 0 Å². The molecule has 58 heavy (non-hydrogen) atoms. The van der Waals surface area contributed by atoms with E-state index in [1.54, 1.807) is 0 Å². The average Bonchev–Trinajstić information content (AvgIpc) is 4.08. The van der Waals surface area contributed by atoms with E-state index in [0.717, 1.165) is 56.3 Å². The van der Waals surface area contributed by atoms with Crippen molar-refractivity contribution in [1.29, 1.82) is 0 Å². The molecule has 0 bridgehead atoms. The first-order chi connectivity index (χ1) is 28.7. The van der Waals surface area contributed by atoms with Crippen molar-refractivity contribution in [1.82, 2.24) is 18.8 Å². The van der Waals surface area contributed by atoms with Crippen molar-refractivity contribution in [3.05, 3.63) is 194 Å². The van der Waals surface area contributed by atoms with Crippen molar-refractivity contribution in [2.24, 2.45) is 0 Å². The van der Waals surface area contributed by atoms with Crippen LogP contribution in [0.2, 0.25) is 0 Å². The SMILES string of the molecule is c1ccc(-c2nc3cc(-c4cc5cc6cc7sc(-c8ccn9c(-c%10ccccc%10)c(-c%10ccccc%10)nc9c8)cc7cc6cc5s4)ccn3c2-c2ccccc2)cc1. The lowest BCUT2D eigenvalue weighted by molar-refractivity contribution is 1.19. The Hall–Kier alpha value is -7.12. The fraction of sp³-hybridized carbons (Fsp3) is 0. The second kappa shape index (κ2) is 13.2. The van der Waals surface area contributed by atoms with Crippen molar-refractivity contribution in [2.45, 2.75) is 0 Å². The Balaban J connectivity index is 0.908. The largest absolute Gasteiger partial charge is 0.299 e. The van der Waals surface area contributed by atoms with Crippen molar-refractivity contribution in [2.75, 3.05) is 0 Å². The van der Waals surface area contributed by atoms with Gasteiger partial charge in [-0.1, -0.05) is 121 Å². The van der Waals surface area contributed by atoms with Gasteiger partial charge in [0.15, 0.2) is 0 Å². The second-order valence-corrected chi connectivity index (χ2v) is 16.9. The van der Waals surface area contributed by atoms with E-state index in [-0.39, 0.29) is 0 Å². The Morgan fingerprint density at radius 1 is 0.328 bits per heavy atom. The summed E-state index contributed by atoms with van der Waals surface area (Å²) in [6.07, 6.45) is 4.35. The molecular weight excluding hydrogens is 745 g/mol. The van der Waals surface area contributed by atoms with E-state index in [2.05, 4.69) is 203 Å². The van der Waals surface area contributed by atoms with Gasteiger partial charge in [-0.3, -0.25) is 8.80 Å². The molecule has 0 N–H and O–H groups in total. The van der Waals surface area contributed by atoms with Crippen LogP contribution in [-0.2, 0) is 0 Å². The van der Waals surface area contributed by atoms with Crippen molar-refractivity contribution in [3.63, 3.8) is 0 Å². The highest BCUT2D eigenvalue weighted by Crippen LogP contribution is 2.42. The van der Waals surface area contributed by atoms with Gasteiger partial charge in [0.25, 0.3) is 0 Å². The number of benzene rings is 6. The first-order valence-electron chi connectivity index (χ1n) is 19.4. The average molecular weight is 777 g/mol. The molecule has 6 aromatic heterocycles. The van der Waals surface area contributed by atoms with Gasteiger partial charge >= 0.3 is 0 Å². The predicted octanol–water partition coefficient (Wildman–Crippen LogP) is 14.6. The summed E-state index contributed by atoms with van der Waals surface area (Å²) in [7, 11) is 0. The van der Waals surface area contributed by atoms with Gasteiger partial charge in [-0.25, -0.2) is 9.97 Å². The molecule has 12 aromatic rings. The summed E-state index contributed by atoms with van der Waals surface area (Å²) in [5.41, 5.74) is 12.9. The maximum atomic E-state index is 5.21. The number of imidazole rings is 2. The van der Waals surface area contributed by atoms with Crippen LogP contribution in [0.4, 0.5) is 0 Å². The highest BCUT2D eigenvalue weighted by Gasteiger charge is 2.19. The molecule has 0 amide bonds. The molecule has 0 radical (unpaired) electrons. The molecule has 6 heterocycles. The molecule has 0 aliphatic rings. The van der Waals surface area contributed by atoms with Gasteiger partial charge in [-0.05, 0) is 93.3 Å². The van der Waals surface area contributed by atoms with Gasteiger partial charge in [-0.15, -0.1) is 22.7 Å². The summed E-state index contributed by atoms with van der Waals surface area (Å²) >= 11 is 3.68. The van der Waals surface area contributed by atoms with Gasteiger partial charge < -0.3 is 0 Å². The molecule has 4 nitrogen and oxygen atoms in total. The number of nitrogens with zero attached hydrogens (tertiary/aromatic N) is 4. The number of thiophene rings is 2. The number of aromatic nitrogens is 4. The van der Waals surface area contributed by atoms with Gasteiger partial charge in [0.1, 0.15) is 11.3 Å². The normalized spacial score (nSPS) is 11.8. The molecule has 0 saturated carbocycles. The van der Waals surface area contributed by atoms with Gasteiger partial charge in [0, 0.05) is 53.8 Å². The first kappa shape index (κ1) is 33.1. The predicted molar refractivity (Wildman–Crippen MR) is 245 cm³/mol. The summed E-state index contributed by atoms with van der Waals surface area (Å²) in [5, 5.41) is 5.03. The zero-order valence-corrected chi connectivity index (χ0v) is 32.7. The smallest absolute Gasteiger partial charge is 0.138 e. The lowest BCUT2D eigenvalue weighted by Crippen LogP contribution is -1.89. The molecule has 0 fully saturated rings. The molecule has 0 aliphatic heterocycles. The zero-order valence-electron chi connectivity index (χ0n) is 31.1. The summed E-state index contributed by atoms with van der Waals surface area (Å²) in [4.78, 5) is 12.9. The Bertz CT molecular complexity index is 3190. The van der Waals surface area contributed by atoms with Crippen molar-refractivity contribution < 1.29 is 0 Å². The molecule has 272 valence electrons. The first-order valence-corrected chi connectivity index (χ1v) is 21.0. The number of hydrogen-bond donors (Lipinski definition) is 0. The van der Waals surface area contributed by atoms with E-state index >= 15 is 0 Å². The van der Waals surface area contributed by atoms with Gasteiger partial charge in [0.05, 0.1) is 22.8 Å². The van der Waals surface area contributed by atoms with Gasteiger partial charge in [0.2, 0.25) is 0 Å². The summed E-state index contributed by atoms with van der Waals surface area (Å²) in [6.45, 7) is 0. The van der Waals surface area contributed by atoms with Gasteiger partial charge in [-0.2, -0.15) is 0 Å². The highest BCUT2D eigenvalue weighted by atomic mass is 32.1. The zero-order chi connectivity index (χ0) is 38.2. The molecule has 0 unspecified atom stereocenters. The van der Waals surface area contributed by atoms with Crippen LogP contribution in [0, 0.1) is 0 Å². The molecule has 6 aromatic carbocycles. The monoisotopic (exact) mass is 776 g/mol. The fourth-order valence-corrected chi connectivity index (χ4v) is 10.5. The third kappa shape index (κ3) is 5.49. The molecule has 0 atom stereocenters. The van der Waals surface area contributed by atoms with Crippen LogP contribution in [0.1, 0.15) is 0 Å². The lowest BCUT2D eigenvalue weighted by atomic mass is 10.0. The van der Waals surface area contributed by atoms with Crippen LogP contribution in [0.25, 0.3) is 108 Å². The number of rotatable bonds is 6. The molecule has 0 spiro atoms. The van der Waals surface area contributed by atoms with E-state index in [9.17, 15) is 0 Å². The molecule has 6 heteroatoms. The maximum absolute atomic E-state index is 5.21. The molecule has 0 aliphatic carbocycles. The van der Waals surface area contributed by atoms with E-state index in [0.29, 0.717) is 0 Å². The molecule has 0 saturated heterocycles. The Labute approximate surface area is 342 Å². The van der Waals surface area contributed by atoms with Crippen LogP contribution < -0.4 is 0 Å². The highest BCUT2D eigenvalue weighted by molar-refractivity contribution is 7.22. The van der Waals surface area contributed by atoms with E-state index < -0.39 is 0 Å². The van der Waals surface area contributed by atoms with Crippen molar-refractivity contribution in [3.8, 4) is 65.9 Å². The van der Waals surface area contributed by atoms with E-state index in [4.69, 9.17) is 9.97 Å². The van der Waals surface area contributed by atoms with Crippen LogP contribution in [0.15, 0.2) is 194 Å². The maximum Gasteiger partial charge on any atom is 0.138 e. The number of fused-ring (bicyclic) bond motifs is 5. The van der Waals surface area contributed by atoms with Crippen LogP contribution in [0.3, 0.4) is 0 Å². The summed E-state index contributed by atoms with van der Waals surface area (Å²) in [6, 6.07) is 65.1. The lowest BCUT2D eigenvalue weighted by Gasteiger charge is -2.06. The van der Waals surface area contributed by atoms with E-state index in [1.807, 2.05) is 22.7 Å². The quantitative estimate of drug-likeness (QED) is 0.169.